The number of hydrogen-bond acceptors (Lipinski definition) is 3. The smallest absolute Gasteiger partial charge is 0.266 e. The highest BCUT2D eigenvalue weighted by atomic mass is 35.5. The molecule has 0 saturated heterocycles. The van der Waals surface area contributed by atoms with Gasteiger partial charge in [0.25, 0.3) is 5.91 Å². The fourth-order valence-corrected chi connectivity index (χ4v) is 5.80. The van der Waals surface area contributed by atoms with Crippen LogP contribution in [0.1, 0.15) is 10.4 Å². The van der Waals surface area contributed by atoms with Gasteiger partial charge in [-0.1, -0.05) is 83.9 Å². The lowest BCUT2D eigenvalue weighted by Gasteiger charge is -2.18. The molecule has 0 fully saturated rings. The summed E-state index contributed by atoms with van der Waals surface area (Å²) in [5, 5.41) is 4.31. The van der Waals surface area contributed by atoms with E-state index in [9.17, 15) is 4.79 Å². The Labute approximate surface area is 210 Å². The van der Waals surface area contributed by atoms with Gasteiger partial charge in [0.1, 0.15) is 5.70 Å². The topological polar surface area (TPSA) is 32.7 Å². The Balaban J connectivity index is 1.55. The summed E-state index contributed by atoms with van der Waals surface area (Å²) >= 11 is 14.4. The zero-order valence-corrected chi connectivity index (χ0v) is 20.0. The van der Waals surface area contributed by atoms with Crippen LogP contribution in [0, 0.1) is 0 Å². The monoisotopic (exact) mass is 498 g/mol. The van der Waals surface area contributed by atoms with Crippen molar-refractivity contribution in [1.82, 2.24) is 0 Å². The maximum absolute atomic E-state index is 13.7. The predicted molar refractivity (Wildman–Crippen MR) is 144 cm³/mol. The number of amidine groups is 1. The fraction of sp³-hybridized carbons (Fsp3) is 0. The average molecular weight is 499 g/mol. The highest BCUT2D eigenvalue weighted by Crippen LogP contribution is 2.39. The van der Waals surface area contributed by atoms with Crippen LogP contribution in [0.4, 0.5) is 5.69 Å². The van der Waals surface area contributed by atoms with Crippen molar-refractivity contribution >= 4 is 78.9 Å². The Morgan fingerprint density at radius 2 is 1.50 bits per heavy atom. The third kappa shape index (κ3) is 3.51. The van der Waals surface area contributed by atoms with Crippen LogP contribution in [0.3, 0.4) is 0 Å². The number of halogens is 2. The van der Waals surface area contributed by atoms with Crippen molar-refractivity contribution in [2.45, 2.75) is 0 Å². The van der Waals surface area contributed by atoms with Crippen molar-refractivity contribution in [3.63, 3.8) is 0 Å². The number of hydrogen-bond donors (Lipinski definition) is 0. The lowest BCUT2D eigenvalue weighted by molar-refractivity contribution is -0.113. The Morgan fingerprint density at radius 1 is 0.794 bits per heavy atom. The molecular formula is C28H16Cl2N2OS. The molecule has 0 radical (unpaired) electrons. The number of benzene rings is 4. The van der Waals surface area contributed by atoms with Crippen LogP contribution in [0.15, 0.2) is 102 Å². The summed E-state index contributed by atoms with van der Waals surface area (Å²) in [4.78, 5) is 20.9. The number of carbonyl (C=O) groups excluding carboxylic acids is 1. The number of aliphatic imine (C=N–C) groups is 1. The van der Waals surface area contributed by atoms with Gasteiger partial charge in [-0.3, -0.25) is 9.69 Å². The van der Waals surface area contributed by atoms with Crippen molar-refractivity contribution in [2.75, 3.05) is 4.90 Å². The van der Waals surface area contributed by atoms with Crippen LogP contribution in [0.25, 0.3) is 26.9 Å². The summed E-state index contributed by atoms with van der Waals surface area (Å²) in [6.07, 6.45) is 1.85. The number of fused-ring (bicyclic) bond motifs is 2. The quantitative estimate of drug-likeness (QED) is 0.230. The Morgan fingerprint density at radius 3 is 2.29 bits per heavy atom. The molecule has 0 N–H and O–H groups in total. The van der Waals surface area contributed by atoms with E-state index in [-0.39, 0.29) is 5.91 Å². The molecule has 3 nitrogen and oxygen atoms in total. The largest absolute Gasteiger partial charge is 0.282 e. The van der Waals surface area contributed by atoms with Gasteiger partial charge in [0.15, 0.2) is 5.84 Å². The summed E-state index contributed by atoms with van der Waals surface area (Å²) in [6, 6.07) is 29.2. The number of carbonyl (C=O) groups is 1. The molecule has 0 saturated carbocycles. The normalized spacial score (nSPS) is 15.0. The van der Waals surface area contributed by atoms with Gasteiger partial charge in [0, 0.05) is 15.1 Å². The number of thiophene rings is 1. The molecule has 0 unspecified atom stereocenters. The van der Waals surface area contributed by atoms with Crippen LogP contribution < -0.4 is 4.90 Å². The molecule has 6 heteroatoms. The van der Waals surface area contributed by atoms with E-state index in [0.29, 0.717) is 27.3 Å². The third-order valence-corrected chi connectivity index (χ3v) is 7.72. The average Bonchev–Trinajstić information content (AvgIpc) is 3.36. The minimum atomic E-state index is -0.209. The number of nitrogens with zero attached hydrogens (tertiary/aromatic N) is 2. The second-order valence-corrected chi connectivity index (χ2v) is 9.76. The van der Waals surface area contributed by atoms with E-state index in [2.05, 4.69) is 12.1 Å². The highest BCUT2D eigenvalue weighted by molar-refractivity contribution is 7.21. The molecule has 0 aliphatic carbocycles. The summed E-state index contributed by atoms with van der Waals surface area (Å²) in [7, 11) is 0. The number of amides is 1. The van der Waals surface area contributed by atoms with E-state index in [1.807, 2.05) is 72.8 Å². The maximum atomic E-state index is 13.7. The molecule has 164 valence electrons. The standard InChI is InChI=1S/C28H16Cl2N2OS/c29-19-12-14-20(15-13-19)32-27(26-25(30)22-10-3-4-11-24(22)34-26)31-23(28(32)33)16-18-8-5-7-17-6-1-2-9-21(17)18/h1-16H/b23-16+. The summed E-state index contributed by atoms with van der Waals surface area (Å²) in [5.74, 6) is 0.309. The summed E-state index contributed by atoms with van der Waals surface area (Å²) in [5.41, 5.74) is 1.97. The molecule has 0 spiro atoms. The van der Waals surface area contributed by atoms with E-state index in [4.69, 9.17) is 28.2 Å². The van der Waals surface area contributed by atoms with Gasteiger partial charge in [-0.15, -0.1) is 11.3 Å². The third-order valence-electron chi connectivity index (χ3n) is 5.80. The molecular weight excluding hydrogens is 483 g/mol. The molecule has 4 aromatic carbocycles. The number of rotatable bonds is 3. The van der Waals surface area contributed by atoms with Crippen LogP contribution in [0.5, 0.6) is 0 Å². The Kier molecular flexibility index (Phi) is 5.22. The van der Waals surface area contributed by atoms with Crippen LogP contribution >= 0.6 is 34.5 Å². The molecule has 1 amide bonds. The van der Waals surface area contributed by atoms with Crippen molar-refractivity contribution in [3.8, 4) is 0 Å². The molecule has 5 aromatic rings. The van der Waals surface area contributed by atoms with Gasteiger partial charge in [-0.2, -0.15) is 0 Å². The first-order valence-corrected chi connectivity index (χ1v) is 12.2. The van der Waals surface area contributed by atoms with Crippen molar-refractivity contribution < 1.29 is 4.79 Å². The molecule has 6 rings (SSSR count). The zero-order chi connectivity index (χ0) is 23.2. The molecule has 1 aliphatic heterocycles. The summed E-state index contributed by atoms with van der Waals surface area (Å²) < 4.78 is 1.04. The first-order chi connectivity index (χ1) is 16.6. The Bertz CT molecular complexity index is 1650. The minimum absolute atomic E-state index is 0.209. The van der Waals surface area contributed by atoms with Crippen LogP contribution in [-0.4, -0.2) is 11.7 Å². The van der Waals surface area contributed by atoms with Crippen LogP contribution in [-0.2, 0) is 4.79 Å². The first-order valence-electron chi connectivity index (χ1n) is 10.7. The predicted octanol–water partition coefficient (Wildman–Crippen LogP) is 8.20. The molecule has 2 heterocycles. The second-order valence-electron chi connectivity index (χ2n) is 7.89. The van der Waals surface area contributed by atoms with Crippen molar-refractivity contribution in [2.24, 2.45) is 4.99 Å². The lowest BCUT2D eigenvalue weighted by atomic mass is 10.0. The molecule has 0 bridgehead atoms. The second kappa shape index (κ2) is 8.41. The van der Waals surface area contributed by atoms with Gasteiger partial charge >= 0.3 is 0 Å². The zero-order valence-electron chi connectivity index (χ0n) is 17.7. The van der Waals surface area contributed by atoms with Crippen molar-refractivity contribution in [1.29, 1.82) is 0 Å². The highest BCUT2D eigenvalue weighted by Gasteiger charge is 2.35. The molecule has 1 aliphatic rings. The van der Waals surface area contributed by atoms with E-state index in [1.54, 1.807) is 17.0 Å². The maximum Gasteiger partial charge on any atom is 0.282 e. The van der Waals surface area contributed by atoms with E-state index in [0.717, 1.165) is 31.3 Å². The SMILES string of the molecule is O=C1/C(=C\c2cccc3ccccc23)N=C(c2sc3ccccc3c2Cl)N1c1ccc(Cl)cc1. The van der Waals surface area contributed by atoms with Gasteiger partial charge in [-0.05, 0) is 52.7 Å². The van der Waals surface area contributed by atoms with Gasteiger partial charge in [0.2, 0.25) is 0 Å². The number of anilines is 1. The minimum Gasteiger partial charge on any atom is -0.266 e. The van der Waals surface area contributed by atoms with E-state index < -0.39 is 0 Å². The van der Waals surface area contributed by atoms with Gasteiger partial charge in [-0.25, -0.2) is 4.99 Å². The molecule has 0 atom stereocenters. The van der Waals surface area contributed by atoms with Crippen molar-refractivity contribution in [3.05, 3.63) is 117 Å². The molecule has 34 heavy (non-hydrogen) atoms. The fourth-order valence-electron chi connectivity index (χ4n) is 4.18. The Hall–Kier alpha value is -3.44. The van der Waals surface area contributed by atoms with Gasteiger partial charge in [0.05, 0.1) is 15.6 Å². The van der Waals surface area contributed by atoms with Crippen LogP contribution in [0.2, 0.25) is 10.0 Å². The van der Waals surface area contributed by atoms with E-state index >= 15 is 0 Å². The first kappa shape index (κ1) is 21.1. The van der Waals surface area contributed by atoms with E-state index in [1.165, 1.54) is 11.3 Å². The molecule has 1 aromatic heterocycles. The summed E-state index contributed by atoms with van der Waals surface area (Å²) in [6.45, 7) is 0. The van der Waals surface area contributed by atoms with Gasteiger partial charge < -0.3 is 0 Å². The lowest BCUT2D eigenvalue weighted by Crippen LogP contribution is -2.32.